The first-order valence-corrected chi connectivity index (χ1v) is 22.4. The van der Waals surface area contributed by atoms with Crippen LogP contribution in [0.25, 0.3) is 0 Å². The van der Waals surface area contributed by atoms with Crippen molar-refractivity contribution in [3.8, 4) is 23.0 Å². The summed E-state index contributed by atoms with van der Waals surface area (Å²) in [5.74, 6) is -1.11. The van der Waals surface area contributed by atoms with Gasteiger partial charge in [-0.25, -0.2) is 0 Å². The molecule has 4 aromatic carbocycles. The van der Waals surface area contributed by atoms with E-state index in [0.29, 0.717) is 50.8 Å². The van der Waals surface area contributed by atoms with Gasteiger partial charge in [0.2, 0.25) is 0 Å². The fraction of sp³-hybridized carbons (Fsp3) is 0.368. The van der Waals surface area contributed by atoms with Gasteiger partial charge in [-0.2, -0.15) is 0 Å². The zero-order valence-corrected chi connectivity index (χ0v) is 34.6. The maximum atomic E-state index is 17.1. The Morgan fingerprint density at radius 3 is 1.20 bits per heavy atom. The first-order valence-electron chi connectivity index (χ1n) is 17.6. The minimum absolute atomic E-state index is 0.0219. The van der Waals surface area contributed by atoms with Gasteiger partial charge in [0, 0.05) is 0 Å². The Labute approximate surface area is 317 Å². The molecule has 5 rings (SSSR count). The minimum Gasteiger partial charge on any atom is -0.493 e. The molecule has 0 saturated heterocycles. The summed E-state index contributed by atoms with van der Waals surface area (Å²) >= 11 is 0. The summed E-state index contributed by atoms with van der Waals surface area (Å²) in [7, 11) is -6.89. The Kier molecular flexibility index (Phi) is 13.6. The third-order valence-corrected chi connectivity index (χ3v) is 16.9. The lowest BCUT2D eigenvalue weighted by molar-refractivity contribution is 0.212. The molecule has 16 heteroatoms. The van der Waals surface area contributed by atoms with E-state index in [9.17, 15) is 0 Å². The SMILES string of the molecule is CCOP(=O)(OCC)C(c1ccc(OC)c(OC)c1)N1c2ccccc2N(C(c2ccc(OC)c(OC)c2)P(=O)(OCC)OCC)P1(=O)c1ccccc1. The van der Waals surface area contributed by atoms with Crippen LogP contribution in [0.3, 0.4) is 0 Å². The van der Waals surface area contributed by atoms with Gasteiger partial charge < -0.3 is 37.0 Å². The van der Waals surface area contributed by atoms with E-state index in [1.54, 1.807) is 122 Å². The maximum absolute atomic E-state index is 17.1. The standard InChI is InChI=1S/C38H49N2O11P3/c1-9-48-53(42,49-10-2)37(28-22-24-33(44-5)35(26-28)46-7)39-31-20-16-17-21-32(31)40(52(39,41)30-18-14-13-15-19-30)38(54(43,50-11-3)51-12-4)29-23-25-34(45-6)36(27-29)47-8/h13-27,37-38H,9-12H2,1-8H3. The van der Waals surface area contributed by atoms with Gasteiger partial charge in [0.25, 0.3) is 7.44 Å². The Morgan fingerprint density at radius 1 is 0.519 bits per heavy atom. The Bertz CT molecular complexity index is 1890. The van der Waals surface area contributed by atoms with E-state index in [2.05, 4.69) is 0 Å². The van der Waals surface area contributed by atoms with Crippen LogP contribution in [0, 0.1) is 0 Å². The van der Waals surface area contributed by atoms with Crippen molar-refractivity contribution < 1.29 is 50.7 Å². The number of rotatable bonds is 19. The molecule has 0 fully saturated rings. The lowest BCUT2D eigenvalue weighted by Gasteiger charge is -2.43. The summed E-state index contributed by atoms with van der Waals surface area (Å²) < 4.78 is 98.1. The molecule has 0 radical (unpaired) electrons. The molecule has 2 unspecified atom stereocenters. The van der Waals surface area contributed by atoms with Crippen molar-refractivity contribution in [1.82, 2.24) is 0 Å². The number of hydrogen-bond donors (Lipinski definition) is 0. The van der Waals surface area contributed by atoms with Crippen LogP contribution >= 0.6 is 22.6 Å². The Morgan fingerprint density at radius 2 is 0.870 bits per heavy atom. The molecule has 54 heavy (non-hydrogen) atoms. The van der Waals surface area contributed by atoms with Crippen LogP contribution < -0.4 is 33.6 Å². The molecule has 0 aromatic heterocycles. The first-order chi connectivity index (χ1) is 26.0. The summed E-state index contributed by atoms with van der Waals surface area (Å²) in [4.78, 5) is 0. The molecule has 2 atom stereocenters. The summed E-state index contributed by atoms with van der Waals surface area (Å²) in [6, 6.07) is 26.1. The molecule has 292 valence electrons. The highest BCUT2D eigenvalue weighted by Gasteiger charge is 2.61. The van der Waals surface area contributed by atoms with Crippen molar-refractivity contribution in [2.45, 2.75) is 39.3 Å². The van der Waals surface area contributed by atoms with Crippen LogP contribution in [0.1, 0.15) is 50.4 Å². The molecule has 0 N–H and O–H groups in total. The molecule has 1 heterocycles. The number of ether oxygens (including phenoxy) is 4. The number of fused-ring (bicyclic) bond motifs is 1. The van der Waals surface area contributed by atoms with Crippen LogP contribution in [0.15, 0.2) is 91.0 Å². The monoisotopic (exact) mass is 802 g/mol. The van der Waals surface area contributed by atoms with Crippen molar-refractivity contribution >= 4 is 39.3 Å². The van der Waals surface area contributed by atoms with Crippen LogP contribution in [-0.2, 0) is 31.8 Å². The maximum Gasteiger partial charge on any atom is 0.357 e. The second-order valence-corrected chi connectivity index (χ2v) is 18.4. The smallest absolute Gasteiger partial charge is 0.357 e. The number of nitrogens with zero attached hydrogens (tertiary/aromatic N) is 2. The summed E-state index contributed by atoms with van der Waals surface area (Å²) in [5, 5.41) is 0.344. The highest BCUT2D eigenvalue weighted by molar-refractivity contribution is 7.76. The predicted molar refractivity (Wildman–Crippen MR) is 211 cm³/mol. The number of benzene rings is 4. The third kappa shape index (κ3) is 7.56. The molecule has 13 nitrogen and oxygen atoms in total. The summed E-state index contributed by atoms with van der Waals surface area (Å²) in [5.41, 5.74) is 1.64. The average molecular weight is 803 g/mol. The van der Waals surface area contributed by atoms with Gasteiger partial charge in [-0.3, -0.25) is 23.0 Å². The first kappa shape index (κ1) is 41.4. The fourth-order valence-electron chi connectivity index (χ4n) is 6.70. The number of hydrogen-bond acceptors (Lipinski definition) is 11. The van der Waals surface area contributed by atoms with Crippen molar-refractivity contribution in [1.29, 1.82) is 0 Å². The lowest BCUT2D eigenvalue weighted by atomic mass is 10.1. The minimum atomic E-state index is -4.38. The summed E-state index contributed by atoms with van der Waals surface area (Å²) in [6.07, 6.45) is 0. The molecule has 0 amide bonds. The van der Waals surface area contributed by atoms with E-state index in [1.165, 1.54) is 28.4 Å². The van der Waals surface area contributed by atoms with E-state index in [0.717, 1.165) is 0 Å². The van der Waals surface area contributed by atoms with E-state index < -0.39 is 34.2 Å². The van der Waals surface area contributed by atoms with Crippen molar-refractivity contribution in [3.63, 3.8) is 0 Å². The normalized spacial score (nSPS) is 16.8. The van der Waals surface area contributed by atoms with Gasteiger partial charge in [-0.05, 0) is 87.4 Å². The van der Waals surface area contributed by atoms with E-state index in [1.807, 2.05) is 6.07 Å². The van der Waals surface area contributed by atoms with Crippen LogP contribution in [0.5, 0.6) is 23.0 Å². The topological polar surface area (TPSA) is 132 Å². The van der Waals surface area contributed by atoms with Gasteiger partial charge in [0.1, 0.15) is 0 Å². The third-order valence-electron chi connectivity index (χ3n) is 8.76. The molecule has 0 bridgehead atoms. The largest absolute Gasteiger partial charge is 0.493 e. The zero-order chi connectivity index (χ0) is 39.1. The highest BCUT2D eigenvalue weighted by Crippen LogP contribution is 2.79. The molecule has 4 aromatic rings. The second kappa shape index (κ2) is 17.8. The predicted octanol–water partition coefficient (Wildman–Crippen LogP) is 9.80. The van der Waals surface area contributed by atoms with E-state index in [4.69, 9.17) is 37.0 Å². The second-order valence-electron chi connectivity index (χ2n) is 11.8. The van der Waals surface area contributed by atoms with Crippen molar-refractivity contribution in [3.05, 3.63) is 102 Å². The van der Waals surface area contributed by atoms with Gasteiger partial charge in [-0.1, -0.05) is 42.5 Å². The fourth-order valence-corrected chi connectivity index (χ4v) is 15.3. The number of para-hydroxylation sites is 2. The van der Waals surface area contributed by atoms with Gasteiger partial charge in [-0.15, -0.1) is 0 Å². The van der Waals surface area contributed by atoms with E-state index >= 15 is 13.7 Å². The molecule has 1 aliphatic heterocycles. The molecule has 0 aliphatic carbocycles. The number of anilines is 2. The number of methoxy groups -OCH3 is 4. The van der Waals surface area contributed by atoms with Crippen LogP contribution in [-0.4, -0.2) is 54.9 Å². The molecular weight excluding hydrogens is 753 g/mol. The quantitative estimate of drug-likeness (QED) is 0.0835. The van der Waals surface area contributed by atoms with Gasteiger partial charge >= 0.3 is 15.2 Å². The molecule has 1 aliphatic rings. The molecular formula is C38H49N2O11P3. The summed E-state index contributed by atoms with van der Waals surface area (Å²) in [6.45, 7) is 6.94. The average Bonchev–Trinajstić information content (AvgIpc) is 3.43. The Balaban J connectivity index is 1.96. The zero-order valence-electron chi connectivity index (χ0n) is 31.9. The van der Waals surface area contributed by atoms with Crippen LogP contribution in [0.2, 0.25) is 0 Å². The molecule has 0 saturated carbocycles. The van der Waals surface area contributed by atoms with Crippen molar-refractivity contribution in [2.75, 3.05) is 64.2 Å². The van der Waals surface area contributed by atoms with Gasteiger partial charge in [0.15, 0.2) is 34.6 Å². The van der Waals surface area contributed by atoms with Crippen molar-refractivity contribution in [2.24, 2.45) is 0 Å². The highest BCUT2D eigenvalue weighted by atomic mass is 31.2. The Hall–Kier alpha value is -3.79. The lowest BCUT2D eigenvalue weighted by Crippen LogP contribution is -2.37. The molecule has 0 spiro atoms. The van der Waals surface area contributed by atoms with Crippen LogP contribution in [0.4, 0.5) is 11.4 Å². The van der Waals surface area contributed by atoms with Gasteiger partial charge in [0.05, 0.1) is 71.5 Å². The van der Waals surface area contributed by atoms with E-state index in [-0.39, 0.29) is 26.4 Å².